The molecule has 3 N–H and O–H groups in total. The van der Waals surface area contributed by atoms with Gasteiger partial charge in [0.05, 0.1) is 18.0 Å². The molecule has 10 nitrogen and oxygen atoms in total. The molecule has 0 radical (unpaired) electrons. The summed E-state index contributed by atoms with van der Waals surface area (Å²) in [4.78, 5) is 46.4. The summed E-state index contributed by atoms with van der Waals surface area (Å²) in [6, 6.07) is 3.47. The number of carbonyl (C=O) groups excluding carboxylic acids is 2. The Balaban J connectivity index is 3.20. The predicted molar refractivity (Wildman–Crippen MR) is 102 cm³/mol. The number of ether oxygens (including phenoxy) is 1. The third kappa shape index (κ3) is 7.49. The molecule has 1 rings (SSSR count). The summed E-state index contributed by atoms with van der Waals surface area (Å²) >= 11 is 0. The molecule has 0 saturated heterocycles. The van der Waals surface area contributed by atoms with Gasteiger partial charge in [-0.3, -0.25) is 19.7 Å². The standard InChI is InChI=1S/C19H26N2O8/c1-4-29-16(23)10-14(12-5-7-13(8-6-12)21(27)28)17(19(25)26)20-18(24)15(22)9-11(2)3/h5-8,11,14-15,17,22H,4,9-10H2,1-3H3,(H,20,24)(H,25,26)/t14-,15-,17-/m0/s1. The first-order valence-corrected chi connectivity index (χ1v) is 9.18. The molecule has 0 aromatic heterocycles. The monoisotopic (exact) mass is 410 g/mol. The van der Waals surface area contributed by atoms with Crippen LogP contribution in [0.5, 0.6) is 0 Å². The van der Waals surface area contributed by atoms with Gasteiger partial charge in [0.1, 0.15) is 12.1 Å². The molecule has 10 heteroatoms. The Hall–Kier alpha value is -3.01. The third-order valence-corrected chi connectivity index (χ3v) is 4.19. The van der Waals surface area contributed by atoms with Crippen LogP contribution in [0.1, 0.15) is 45.1 Å². The number of aliphatic hydroxyl groups is 1. The fourth-order valence-corrected chi connectivity index (χ4v) is 2.81. The molecule has 0 aliphatic rings. The van der Waals surface area contributed by atoms with Gasteiger partial charge in [-0.05, 0) is 24.8 Å². The summed E-state index contributed by atoms with van der Waals surface area (Å²) in [6.45, 7) is 5.28. The predicted octanol–water partition coefficient (Wildman–Crippen LogP) is 1.61. The normalized spacial score (nSPS) is 14.0. The summed E-state index contributed by atoms with van der Waals surface area (Å²) in [5.41, 5.74) is 0.0987. The van der Waals surface area contributed by atoms with Crippen molar-refractivity contribution in [2.75, 3.05) is 6.61 Å². The minimum Gasteiger partial charge on any atom is -0.480 e. The Labute approximate surface area is 168 Å². The number of benzene rings is 1. The Morgan fingerprint density at radius 3 is 2.24 bits per heavy atom. The summed E-state index contributed by atoms with van der Waals surface area (Å²) in [5, 5.41) is 32.7. The van der Waals surface area contributed by atoms with Crippen molar-refractivity contribution in [3.8, 4) is 0 Å². The first-order chi connectivity index (χ1) is 13.6. The quantitative estimate of drug-likeness (QED) is 0.282. The van der Waals surface area contributed by atoms with Crippen molar-refractivity contribution < 1.29 is 34.3 Å². The lowest BCUT2D eigenvalue weighted by Gasteiger charge is -2.26. The highest BCUT2D eigenvalue weighted by molar-refractivity contribution is 5.87. The third-order valence-electron chi connectivity index (χ3n) is 4.19. The maximum atomic E-state index is 12.3. The number of non-ortho nitro benzene ring substituents is 1. The Morgan fingerprint density at radius 2 is 1.79 bits per heavy atom. The van der Waals surface area contributed by atoms with Crippen LogP contribution in [-0.4, -0.2) is 51.7 Å². The van der Waals surface area contributed by atoms with Crippen molar-refractivity contribution >= 4 is 23.5 Å². The fraction of sp³-hybridized carbons (Fsp3) is 0.526. The van der Waals surface area contributed by atoms with Crippen molar-refractivity contribution in [3.63, 3.8) is 0 Å². The largest absolute Gasteiger partial charge is 0.480 e. The van der Waals surface area contributed by atoms with Crippen LogP contribution in [0.4, 0.5) is 5.69 Å². The zero-order valence-electron chi connectivity index (χ0n) is 16.5. The van der Waals surface area contributed by atoms with Crippen molar-refractivity contribution in [3.05, 3.63) is 39.9 Å². The van der Waals surface area contributed by atoms with Crippen LogP contribution in [-0.2, 0) is 19.1 Å². The van der Waals surface area contributed by atoms with Gasteiger partial charge >= 0.3 is 11.9 Å². The number of nitrogens with one attached hydrogen (secondary N) is 1. The number of rotatable bonds is 11. The molecule has 0 aliphatic carbocycles. The van der Waals surface area contributed by atoms with Crippen LogP contribution in [0.3, 0.4) is 0 Å². The molecule has 0 spiro atoms. The number of hydrogen-bond donors (Lipinski definition) is 3. The molecule has 1 aromatic carbocycles. The van der Waals surface area contributed by atoms with Crippen molar-refractivity contribution in [2.24, 2.45) is 5.92 Å². The van der Waals surface area contributed by atoms with Gasteiger partial charge in [-0.2, -0.15) is 0 Å². The van der Waals surface area contributed by atoms with E-state index in [-0.39, 0.29) is 31.1 Å². The van der Waals surface area contributed by atoms with E-state index in [1.54, 1.807) is 20.8 Å². The molecule has 3 atom stereocenters. The van der Waals surface area contributed by atoms with Gasteiger partial charge in [0.15, 0.2) is 0 Å². The lowest BCUT2D eigenvalue weighted by atomic mass is 9.88. The molecular weight excluding hydrogens is 384 g/mol. The van der Waals surface area contributed by atoms with Gasteiger partial charge in [-0.1, -0.05) is 26.0 Å². The summed E-state index contributed by atoms with van der Waals surface area (Å²) in [5.74, 6) is -4.02. The van der Waals surface area contributed by atoms with Crippen LogP contribution >= 0.6 is 0 Å². The van der Waals surface area contributed by atoms with Gasteiger partial charge in [-0.15, -0.1) is 0 Å². The minimum absolute atomic E-state index is 0.00373. The van der Waals surface area contributed by atoms with Gasteiger partial charge in [0.2, 0.25) is 5.91 Å². The molecular formula is C19H26N2O8. The number of esters is 1. The molecule has 0 saturated carbocycles. The van der Waals surface area contributed by atoms with E-state index < -0.39 is 40.8 Å². The zero-order chi connectivity index (χ0) is 22.1. The number of aliphatic carboxylic acids is 1. The van der Waals surface area contributed by atoms with Gasteiger partial charge in [-0.25, -0.2) is 4.79 Å². The van der Waals surface area contributed by atoms with Crippen LogP contribution in [0, 0.1) is 16.0 Å². The number of nitro benzene ring substituents is 1. The fourth-order valence-electron chi connectivity index (χ4n) is 2.81. The molecule has 1 aromatic rings. The van der Waals surface area contributed by atoms with Crippen LogP contribution in [0.25, 0.3) is 0 Å². The van der Waals surface area contributed by atoms with E-state index in [0.29, 0.717) is 5.56 Å². The van der Waals surface area contributed by atoms with E-state index >= 15 is 0 Å². The lowest BCUT2D eigenvalue weighted by Crippen LogP contribution is -2.49. The number of hydrogen-bond acceptors (Lipinski definition) is 7. The Morgan fingerprint density at radius 1 is 1.21 bits per heavy atom. The van der Waals surface area contributed by atoms with Crippen LogP contribution in [0.2, 0.25) is 0 Å². The summed E-state index contributed by atoms with van der Waals surface area (Å²) in [6.07, 6.45) is -1.64. The van der Waals surface area contributed by atoms with Gasteiger partial charge < -0.3 is 20.3 Å². The zero-order valence-corrected chi connectivity index (χ0v) is 16.5. The Kier molecular flexibility index (Phi) is 9.20. The molecule has 29 heavy (non-hydrogen) atoms. The number of carboxylic acids is 1. The molecule has 1 amide bonds. The van der Waals surface area contributed by atoms with E-state index in [0.717, 1.165) is 0 Å². The van der Waals surface area contributed by atoms with Crippen molar-refractivity contribution in [1.82, 2.24) is 5.32 Å². The second-order valence-electron chi connectivity index (χ2n) is 6.93. The van der Waals surface area contributed by atoms with E-state index in [1.165, 1.54) is 24.3 Å². The minimum atomic E-state index is -1.55. The SMILES string of the molecule is CCOC(=O)C[C@@H](c1ccc([N+](=O)[O-])cc1)[C@H](NC(=O)[C@@H](O)CC(C)C)C(=O)O. The number of amides is 1. The number of nitrogens with zero attached hydrogens (tertiary/aromatic N) is 1. The molecule has 0 heterocycles. The first kappa shape index (κ1) is 24.0. The molecule has 160 valence electrons. The maximum Gasteiger partial charge on any atom is 0.326 e. The lowest BCUT2D eigenvalue weighted by molar-refractivity contribution is -0.384. The topological polar surface area (TPSA) is 156 Å². The van der Waals surface area contributed by atoms with Gasteiger partial charge in [0.25, 0.3) is 5.69 Å². The van der Waals surface area contributed by atoms with Crippen molar-refractivity contribution in [1.29, 1.82) is 0 Å². The van der Waals surface area contributed by atoms with Crippen LogP contribution in [0.15, 0.2) is 24.3 Å². The molecule has 0 aliphatic heterocycles. The molecule has 0 unspecified atom stereocenters. The summed E-state index contributed by atoms with van der Waals surface area (Å²) in [7, 11) is 0. The average Bonchev–Trinajstić information content (AvgIpc) is 2.63. The number of nitro groups is 1. The van der Waals surface area contributed by atoms with Crippen LogP contribution < -0.4 is 5.32 Å². The van der Waals surface area contributed by atoms with Crippen molar-refractivity contribution in [2.45, 2.75) is 51.7 Å². The second kappa shape index (κ2) is 11.1. The highest BCUT2D eigenvalue weighted by Crippen LogP contribution is 2.27. The highest BCUT2D eigenvalue weighted by atomic mass is 16.6. The van der Waals surface area contributed by atoms with E-state index in [4.69, 9.17) is 4.74 Å². The molecule has 0 bridgehead atoms. The maximum absolute atomic E-state index is 12.3. The van der Waals surface area contributed by atoms with E-state index in [9.17, 15) is 34.7 Å². The second-order valence-corrected chi connectivity index (χ2v) is 6.93. The van der Waals surface area contributed by atoms with E-state index in [2.05, 4.69) is 5.32 Å². The Bertz CT molecular complexity index is 732. The van der Waals surface area contributed by atoms with E-state index in [1.807, 2.05) is 0 Å². The first-order valence-electron chi connectivity index (χ1n) is 9.18. The average molecular weight is 410 g/mol. The number of carbonyl (C=O) groups is 3. The highest BCUT2D eigenvalue weighted by Gasteiger charge is 2.34. The number of carboxylic acid groups (broad SMARTS) is 1. The summed E-state index contributed by atoms with van der Waals surface area (Å²) < 4.78 is 4.89. The smallest absolute Gasteiger partial charge is 0.326 e. The number of aliphatic hydroxyl groups excluding tert-OH is 1. The van der Waals surface area contributed by atoms with Gasteiger partial charge in [0, 0.05) is 18.1 Å². The molecule has 0 fully saturated rings.